The van der Waals surface area contributed by atoms with E-state index in [0.717, 1.165) is 5.75 Å². The van der Waals surface area contributed by atoms with Gasteiger partial charge in [-0.15, -0.1) is 0 Å². The third-order valence-corrected chi connectivity index (χ3v) is 2.21. The van der Waals surface area contributed by atoms with Crippen LogP contribution in [0.3, 0.4) is 0 Å². The second-order valence-corrected chi connectivity index (χ2v) is 3.78. The van der Waals surface area contributed by atoms with E-state index in [2.05, 4.69) is 0 Å². The van der Waals surface area contributed by atoms with Crippen molar-refractivity contribution in [3.8, 4) is 5.75 Å². The van der Waals surface area contributed by atoms with Gasteiger partial charge in [0.2, 0.25) is 0 Å². The molecular weight excluding hydrogens is 204 g/mol. The molecule has 0 heterocycles. The summed E-state index contributed by atoms with van der Waals surface area (Å²) < 4.78 is 10.4. The van der Waals surface area contributed by atoms with E-state index in [1.165, 1.54) is 5.56 Å². The maximum Gasteiger partial charge on any atom is 0.312 e. The molecular formula is C13H18O3. The molecule has 0 amide bonds. The van der Waals surface area contributed by atoms with E-state index in [4.69, 9.17) is 9.47 Å². The number of hydrogen-bond acceptors (Lipinski definition) is 3. The lowest BCUT2D eigenvalue weighted by molar-refractivity contribution is -0.148. The summed E-state index contributed by atoms with van der Waals surface area (Å²) in [6.45, 7) is 6.37. The van der Waals surface area contributed by atoms with Gasteiger partial charge in [0.15, 0.2) is 0 Å². The molecule has 0 aromatic heterocycles. The van der Waals surface area contributed by atoms with Crippen molar-refractivity contribution in [2.45, 2.75) is 20.8 Å². The quantitative estimate of drug-likeness (QED) is 0.718. The Bertz CT molecular complexity index is 330. The first-order valence-electron chi connectivity index (χ1n) is 5.49. The fourth-order valence-electron chi connectivity index (χ4n) is 1.21. The van der Waals surface area contributed by atoms with Gasteiger partial charge in [0.25, 0.3) is 0 Å². The zero-order chi connectivity index (χ0) is 12.0. The van der Waals surface area contributed by atoms with Crippen LogP contribution in [0.5, 0.6) is 5.75 Å². The Labute approximate surface area is 96.4 Å². The molecule has 3 nitrogen and oxygen atoms in total. The molecule has 0 saturated heterocycles. The van der Waals surface area contributed by atoms with E-state index < -0.39 is 0 Å². The number of benzene rings is 1. The van der Waals surface area contributed by atoms with Crippen LogP contribution in [0.25, 0.3) is 0 Å². The summed E-state index contributed by atoms with van der Waals surface area (Å²) in [7, 11) is 0. The van der Waals surface area contributed by atoms with E-state index in [1.54, 1.807) is 13.8 Å². The molecule has 1 atom stereocenters. The lowest BCUT2D eigenvalue weighted by Crippen LogP contribution is -2.21. The fourth-order valence-corrected chi connectivity index (χ4v) is 1.21. The highest BCUT2D eigenvalue weighted by molar-refractivity contribution is 5.72. The normalized spacial score (nSPS) is 11.9. The van der Waals surface area contributed by atoms with Gasteiger partial charge in [-0.2, -0.15) is 0 Å². The van der Waals surface area contributed by atoms with Gasteiger partial charge in [-0.3, -0.25) is 4.79 Å². The number of carbonyl (C=O) groups is 1. The van der Waals surface area contributed by atoms with E-state index in [9.17, 15) is 4.79 Å². The van der Waals surface area contributed by atoms with Gasteiger partial charge in [-0.25, -0.2) is 0 Å². The van der Waals surface area contributed by atoms with Crippen molar-refractivity contribution in [2.24, 2.45) is 5.92 Å². The van der Waals surface area contributed by atoms with Crippen LogP contribution in [0.4, 0.5) is 0 Å². The Hall–Kier alpha value is -1.51. The van der Waals surface area contributed by atoms with E-state index >= 15 is 0 Å². The van der Waals surface area contributed by atoms with Gasteiger partial charge in [0, 0.05) is 0 Å². The highest BCUT2D eigenvalue weighted by Crippen LogP contribution is 2.12. The second-order valence-electron chi connectivity index (χ2n) is 3.78. The van der Waals surface area contributed by atoms with Gasteiger partial charge in [-0.1, -0.05) is 17.7 Å². The summed E-state index contributed by atoms with van der Waals surface area (Å²) in [4.78, 5) is 11.3. The van der Waals surface area contributed by atoms with Crippen molar-refractivity contribution >= 4 is 5.97 Å². The van der Waals surface area contributed by atoms with Crippen LogP contribution in [0.2, 0.25) is 0 Å². The number of hydrogen-bond donors (Lipinski definition) is 0. The second kappa shape index (κ2) is 6.16. The largest absolute Gasteiger partial charge is 0.493 e. The van der Waals surface area contributed by atoms with Crippen molar-refractivity contribution in [1.29, 1.82) is 0 Å². The van der Waals surface area contributed by atoms with E-state index in [0.29, 0.717) is 13.2 Å². The molecule has 3 heteroatoms. The Kier molecular flexibility index (Phi) is 4.83. The molecule has 0 radical (unpaired) electrons. The predicted molar refractivity (Wildman–Crippen MR) is 62.5 cm³/mol. The molecule has 1 aromatic rings. The fraction of sp³-hybridized carbons (Fsp3) is 0.462. The zero-order valence-corrected chi connectivity index (χ0v) is 10.0. The van der Waals surface area contributed by atoms with Crippen LogP contribution in [-0.4, -0.2) is 19.2 Å². The minimum absolute atomic E-state index is 0.213. The Morgan fingerprint density at radius 1 is 1.31 bits per heavy atom. The molecule has 0 bridgehead atoms. The van der Waals surface area contributed by atoms with Gasteiger partial charge in [0.1, 0.15) is 12.4 Å². The molecule has 1 unspecified atom stereocenters. The maximum atomic E-state index is 11.3. The zero-order valence-electron chi connectivity index (χ0n) is 10.0. The lowest BCUT2D eigenvalue weighted by atomic mass is 10.2. The molecule has 0 aliphatic heterocycles. The van der Waals surface area contributed by atoms with Crippen molar-refractivity contribution in [2.75, 3.05) is 13.2 Å². The number of ether oxygens (including phenoxy) is 2. The number of esters is 1. The summed E-state index contributed by atoms with van der Waals surface area (Å²) >= 11 is 0. The SMILES string of the molecule is CCOC(=O)C(C)COc1ccc(C)cc1. The van der Waals surface area contributed by atoms with E-state index in [-0.39, 0.29) is 11.9 Å². The van der Waals surface area contributed by atoms with Crippen LogP contribution in [0.15, 0.2) is 24.3 Å². The molecule has 0 N–H and O–H groups in total. The monoisotopic (exact) mass is 222 g/mol. The molecule has 16 heavy (non-hydrogen) atoms. The first-order chi connectivity index (χ1) is 7.63. The van der Waals surface area contributed by atoms with Crippen molar-refractivity contribution in [3.05, 3.63) is 29.8 Å². The highest BCUT2D eigenvalue weighted by Gasteiger charge is 2.14. The van der Waals surface area contributed by atoms with Crippen molar-refractivity contribution < 1.29 is 14.3 Å². The summed E-state index contributed by atoms with van der Waals surface area (Å²) in [6.07, 6.45) is 0. The first kappa shape index (κ1) is 12.6. The molecule has 88 valence electrons. The van der Waals surface area contributed by atoms with Crippen molar-refractivity contribution in [1.82, 2.24) is 0 Å². The number of rotatable bonds is 5. The van der Waals surface area contributed by atoms with E-state index in [1.807, 2.05) is 31.2 Å². The summed E-state index contributed by atoms with van der Waals surface area (Å²) in [5, 5.41) is 0. The third-order valence-electron chi connectivity index (χ3n) is 2.21. The summed E-state index contributed by atoms with van der Waals surface area (Å²) in [5.74, 6) is 0.331. The van der Waals surface area contributed by atoms with Gasteiger partial charge < -0.3 is 9.47 Å². The third kappa shape index (κ3) is 3.93. The van der Waals surface area contributed by atoms with Gasteiger partial charge in [-0.05, 0) is 32.9 Å². The molecule has 0 saturated carbocycles. The molecule has 0 spiro atoms. The van der Waals surface area contributed by atoms with Crippen LogP contribution in [-0.2, 0) is 9.53 Å². The number of carbonyl (C=O) groups excluding carboxylic acids is 1. The average Bonchev–Trinajstić information content (AvgIpc) is 2.28. The lowest BCUT2D eigenvalue weighted by Gasteiger charge is -2.12. The van der Waals surface area contributed by atoms with Gasteiger partial charge in [0.05, 0.1) is 12.5 Å². The Balaban J connectivity index is 2.39. The Morgan fingerprint density at radius 3 is 2.50 bits per heavy atom. The minimum Gasteiger partial charge on any atom is -0.493 e. The Morgan fingerprint density at radius 2 is 1.94 bits per heavy atom. The topological polar surface area (TPSA) is 35.5 Å². The predicted octanol–water partition coefficient (Wildman–Crippen LogP) is 2.57. The highest BCUT2D eigenvalue weighted by atomic mass is 16.5. The maximum absolute atomic E-state index is 11.3. The average molecular weight is 222 g/mol. The molecule has 0 fully saturated rings. The molecule has 0 aliphatic carbocycles. The molecule has 1 rings (SSSR count). The standard InChI is InChI=1S/C13H18O3/c1-4-15-13(14)11(3)9-16-12-7-5-10(2)6-8-12/h5-8,11H,4,9H2,1-3H3. The smallest absolute Gasteiger partial charge is 0.312 e. The van der Waals surface area contributed by atoms with Gasteiger partial charge >= 0.3 is 5.97 Å². The minimum atomic E-state index is -0.235. The first-order valence-corrected chi connectivity index (χ1v) is 5.49. The number of aryl methyl sites for hydroxylation is 1. The van der Waals surface area contributed by atoms with Crippen molar-refractivity contribution in [3.63, 3.8) is 0 Å². The van der Waals surface area contributed by atoms with Crippen LogP contribution in [0, 0.1) is 12.8 Å². The van der Waals surface area contributed by atoms with Crippen LogP contribution < -0.4 is 4.74 Å². The summed E-state index contributed by atoms with van der Waals surface area (Å²) in [5.41, 5.74) is 1.19. The molecule has 1 aromatic carbocycles. The summed E-state index contributed by atoms with van der Waals surface area (Å²) in [6, 6.07) is 7.75. The molecule has 0 aliphatic rings. The van der Waals surface area contributed by atoms with Crippen LogP contribution >= 0.6 is 0 Å². The van der Waals surface area contributed by atoms with Crippen LogP contribution in [0.1, 0.15) is 19.4 Å².